The van der Waals surface area contributed by atoms with E-state index in [0.717, 1.165) is 42.4 Å². The van der Waals surface area contributed by atoms with Crippen molar-refractivity contribution in [3.8, 4) is 11.4 Å². The van der Waals surface area contributed by atoms with Crippen molar-refractivity contribution in [3.63, 3.8) is 0 Å². The van der Waals surface area contributed by atoms with Gasteiger partial charge in [0.1, 0.15) is 5.83 Å². The Labute approximate surface area is 144 Å². The molecule has 4 rings (SSSR count). The molecule has 25 heavy (non-hydrogen) atoms. The Kier molecular flexibility index (Phi) is 4.15. The first-order valence-corrected chi connectivity index (χ1v) is 8.25. The highest BCUT2D eigenvalue weighted by molar-refractivity contribution is 5.84. The van der Waals surface area contributed by atoms with Gasteiger partial charge < -0.3 is 9.84 Å². The number of fused-ring (bicyclic) bond motifs is 1. The molecule has 1 N–H and O–H groups in total. The topological polar surface area (TPSA) is 68.8 Å². The second-order valence-corrected chi connectivity index (χ2v) is 6.11. The summed E-state index contributed by atoms with van der Waals surface area (Å²) in [7, 11) is 0. The van der Waals surface area contributed by atoms with Crippen LogP contribution in [0, 0.1) is 0 Å². The molecule has 0 bridgehead atoms. The van der Waals surface area contributed by atoms with E-state index in [4.69, 9.17) is 4.52 Å². The van der Waals surface area contributed by atoms with E-state index in [1.54, 1.807) is 10.9 Å². The van der Waals surface area contributed by atoms with Gasteiger partial charge in [0, 0.05) is 23.1 Å². The fourth-order valence-electron chi connectivity index (χ4n) is 3.03. The number of halogens is 1. The molecule has 1 fully saturated rings. The molecule has 1 aromatic carbocycles. The Morgan fingerprint density at radius 3 is 3.00 bits per heavy atom. The van der Waals surface area contributed by atoms with Gasteiger partial charge in [-0.15, -0.1) is 0 Å². The molecule has 3 aromatic rings. The summed E-state index contributed by atoms with van der Waals surface area (Å²) in [6.45, 7) is 5.16. The van der Waals surface area contributed by atoms with Gasteiger partial charge in [0.15, 0.2) is 0 Å². The lowest BCUT2D eigenvalue weighted by Crippen LogP contribution is -2.26. The smallest absolute Gasteiger partial charge is 0.230 e. The molecule has 7 heteroatoms. The normalized spacial score (nSPS) is 16.0. The van der Waals surface area contributed by atoms with E-state index in [1.165, 1.54) is 12.3 Å². The van der Waals surface area contributed by atoms with Crippen molar-refractivity contribution < 1.29 is 8.91 Å². The average molecular weight is 339 g/mol. The van der Waals surface area contributed by atoms with E-state index in [0.29, 0.717) is 17.6 Å². The monoisotopic (exact) mass is 339 g/mol. The summed E-state index contributed by atoms with van der Waals surface area (Å²) in [4.78, 5) is 4.57. The van der Waals surface area contributed by atoms with Crippen molar-refractivity contribution >= 4 is 17.1 Å². The van der Waals surface area contributed by atoms with Crippen LogP contribution in [-0.4, -0.2) is 33.0 Å². The zero-order valence-corrected chi connectivity index (χ0v) is 13.7. The Bertz CT molecular complexity index is 936. The molecule has 128 valence electrons. The number of aromatic nitrogens is 4. The van der Waals surface area contributed by atoms with Gasteiger partial charge >= 0.3 is 0 Å². The van der Waals surface area contributed by atoms with Crippen LogP contribution in [0.25, 0.3) is 28.5 Å². The standard InChI is InChI=1S/C18H18FN5O/c1-12(19)6-9-24-16-10-14(2-3-15(16)11-21-24)17-22-18(25-23-17)13-4-7-20-8-5-13/h2-3,6,9-11,13,20H,1,4-5,7-8H2/b9-6+. The van der Waals surface area contributed by atoms with Gasteiger partial charge in [-0.25, -0.2) is 9.07 Å². The third-order valence-electron chi connectivity index (χ3n) is 4.38. The molecule has 3 heterocycles. The average Bonchev–Trinajstić information content (AvgIpc) is 3.27. The Balaban J connectivity index is 1.66. The molecule has 0 amide bonds. The zero-order valence-electron chi connectivity index (χ0n) is 13.7. The van der Waals surface area contributed by atoms with E-state index in [1.807, 2.05) is 18.2 Å². The summed E-state index contributed by atoms with van der Waals surface area (Å²) in [6, 6.07) is 5.79. The fourth-order valence-corrected chi connectivity index (χ4v) is 3.03. The lowest BCUT2D eigenvalue weighted by atomic mass is 9.98. The van der Waals surface area contributed by atoms with Crippen LogP contribution in [0.3, 0.4) is 0 Å². The van der Waals surface area contributed by atoms with Crippen molar-refractivity contribution in [1.82, 2.24) is 25.2 Å². The number of piperidine rings is 1. The van der Waals surface area contributed by atoms with Gasteiger partial charge in [0.25, 0.3) is 0 Å². The third kappa shape index (κ3) is 3.23. The molecule has 1 saturated heterocycles. The molecule has 0 radical (unpaired) electrons. The fraction of sp³-hybridized carbons (Fsp3) is 0.278. The molecular formula is C18H18FN5O. The lowest BCUT2D eigenvalue weighted by Gasteiger charge is -2.18. The molecule has 2 aromatic heterocycles. The van der Waals surface area contributed by atoms with Gasteiger partial charge in [-0.3, -0.25) is 0 Å². The first kappa shape index (κ1) is 15.7. The molecule has 0 atom stereocenters. The maximum Gasteiger partial charge on any atom is 0.230 e. The summed E-state index contributed by atoms with van der Waals surface area (Å²) in [5.41, 5.74) is 1.67. The summed E-state index contributed by atoms with van der Waals surface area (Å²) in [5, 5.41) is 12.6. The largest absolute Gasteiger partial charge is 0.339 e. The van der Waals surface area contributed by atoms with Crippen molar-refractivity contribution in [2.45, 2.75) is 18.8 Å². The molecular weight excluding hydrogens is 321 g/mol. The number of allylic oxidation sites excluding steroid dienone is 2. The number of hydrogen-bond donors (Lipinski definition) is 1. The van der Waals surface area contributed by atoms with Crippen LogP contribution >= 0.6 is 0 Å². The third-order valence-corrected chi connectivity index (χ3v) is 4.38. The molecule has 6 nitrogen and oxygen atoms in total. The van der Waals surface area contributed by atoms with E-state index < -0.39 is 5.83 Å². The number of rotatable bonds is 4. The minimum absolute atomic E-state index is 0.315. The highest BCUT2D eigenvalue weighted by Gasteiger charge is 2.21. The summed E-state index contributed by atoms with van der Waals surface area (Å²) in [5.74, 6) is 1.04. The second kappa shape index (κ2) is 6.60. The summed E-state index contributed by atoms with van der Waals surface area (Å²) in [6.07, 6.45) is 6.53. The number of nitrogens with zero attached hydrogens (tertiary/aromatic N) is 4. The molecule has 0 saturated carbocycles. The number of nitrogens with one attached hydrogen (secondary N) is 1. The van der Waals surface area contributed by atoms with Crippen LogP contribution in [0.1, 0.15) is 24.7 Å². The Morgan fingerprint density at radius 1 is 1.36 bits per heavy atom. The lowest BCUT2D eigenvalue weighted by molar-refractivity contribution is 0.320. The zero-order chi connectivity index (χ0) is 17.2. The van der Waals surface area contributed by atoms with Crippen LogP contribution in [0.15, 0.2) is 47.4 Å². The van der Waals surface area contributed by atoms with E-state index in [2.05, 4.69) is 27.1 Å². The van der Waals surface area contributed by atoms with Gasteiger partial charge in [-0.1, -0.05) is 23.9 Å². The van der Waals surface area contributed by atoms with Crippen LogP contribution in [0.5, 0.6) is 0 Å². The molecule has 1 aliphatic rings. The maximum absolute atomic E-state index is 12.9. The summed E-state index contributed by atoms with van der Waals surface area (Å²) < 4.78 is 19.9. The van der Waals surface area contributed by atoms with Crippen molar-refractivity contribution in [1.29, 1.82) is 0 Å². The van der Waals surface area contributed by atoms with Crippen LogP contribution < -0.4 is 5.32 Å². The van der Waals surface area contributed by atoms with Crippen LogP contribution in [0.2, 0.25) is 0 Å². The van der Waals surface area contributed by atoms with Gasteiger partial charge in [-0.2, -0.15) is 10.1 Å². The predicted octanol–water partition coefficient (Wildman–Crippen LogP) is 3.51. The minimum atomic E-state index is -0.524. The molecule has 0 unspecified atom stereocenters. The Morgan fingerprint density at radius 2 is 2.20 bits per heavy atom. The SMILES string of the molecule is C=C(F)/C=C/n1ncc2ccc(-c3noc(C4CCNCC4)n3)cc21. The summed E-state index contributed by atoms with van der Waals surface area (Å²) >= 11 is 0. The van der Waals surface area contributed by atoms with Crippen molar-refractivity contribution in [3.05, 3.63) is 48.8 Å². The van der Waals surface area contributed by atoms with Crippen molar-refractivity contribution in [2.75, 3.05) is 13.1 Å². The number of benzene rings is 1. The van der Waals surface area contributed by atoms with Gasteiger partial charge in [0.2, 0.25) is 11.7 Å². The van der Waals surface area contributed by atoms with E-state index in [-0.39, 0.29) is 0 Å². The number of hydrogen-bond acceptors (Lipinski definition) is 5. The van der Waals surface area contributed by atoms with E-state index in [9.17, 15) is 4.39 Å². The van der Waals surface area contributed by atoms with Gasteiger partial charge in [-0.05, 0) is 38.1 Å². The first-order chi connectivity index (χ1) is 12.2. The second-order valence-electron chi connectivity index (χ2n) is 6.11. The molecule has 0 aliphatic carbocycles. The van der Waals surface area contributed by atoms with Gasteiger partial charge in [0.05, 0.1) is 11.7 Å². The van der Waals surface area contributed by atoms with Crippen LogP contribution in [-0.2, 0) is 0 Å². The Hall–Kier alpha value is -2.80. The predicted molar refractivity (Wildman–Crippen MR) is 93.4 cm³/mol. The molecule has 1 aliphatic heterocycles. The highest BCUT2D eigenvalue weighted by atomic mass is 19.1. The quantitative estimate of drug-likeness (QED) is 0.737. The minimum Gasteiger partial charge on any atom is -0.339 e. The maximum atomic E-state index is 12.9. The first-order valence-electron chi connectivity index (χ1n) is 8.25. The molecule has 0 spiro atoms. The van der Waals surface area contributed by atoms with Crippen LogP contribution in [0.4, 0.5) is 4.39 Å². The van der Waals surface area contributed by atoms with Crippen molar-refractivity contribution in [2.24, 2.45) is 0 Å². The highest BCUT2D eigenvalue weighted by Crippen LogP contribution is 2.27. The van der Waals surface area contributed by atoms with E-state index >= 15 is 0 Å².